The van der Waals surface area contributed by atoms with Crippen LogP contribution in [0, 0.1) is 6.92 Å². The molecule has 0 heterocycles. The molecule has 4 nitrogen and oxygen atoms in total. The van der Waals surface area contributed by atoms with Crippen molar-refractivity contribution in [3.8, 4) is 0 Å². The highest BCUT2D eigenvalue weighted by molar-refractivity contribution is 5.84. The number of carbonyl (C=O) groups is 1. The van der Waals surface area contributed by atoms with E-state index in [2.05, 4.69) is 10.6 Å². The molecule has 4 heteroatoms. The molecule has 0 aliphatic carbocycles. The first-order chi connectivity index (χ1) is 7.22. The summed E-state index contributed by atoms with van der Waals surface area (Å²) in [7, 11) is 1.81. The van der Waals surface area contributed by atoms with E-state index in [1.54, 1.807) is 0 Å². The first kappa shape index (κ1) is 11.5. The van der Waals surface area contributed by atoms with Gasteiger partial charge in [-0.2, -0.15) is 0 Å². The topological polar surface area (TPSA) is 50.4 Å². The van der Waals surface area contributed by atoms with E-state index in [1.807, 2.05) is 38.2 Å². The van der Waals surface area contributed by atoms with Crippen molar-refractivity contribution in [2.24, 2.45) is 0 Å². The molecule has 0 fully saturated rings. The van der Waals surface area contributed by atoms with Gasteiger partial charge < -0.3 is 10.1 Å². The largest absolute Gasteiger partial charge is 0.448 e. The summed E-state index contributed by atoms with van der Waals surface area (Å²) < 4.78 is 4.91. The third kappa shape index (κ3) is 4.46. The number of benzene rings is 1. The Labute approximate surface area is 89.6 Å². The summed E-state index contributed by atoms with van der Waals surface area (Å²) in [6.45, 7) is 2.99. The molecule has 0 spiro atoms. The molecule has 0 atom stereocenters. The van der Waals surface area contributed by atoms with Crippen LogP contribution in [0.15, 0.2) is 24.3 Å². The summed E-state index contributed by atoms with van der Waals surface area (Å²) >= 11 is 0. The third-order valence-corrected chi connectivity index (χ3v) is 1.85. The zero-order chi connectivity index (χ0) is 11.1. The van der Waals surface area contributed by atoms with Gasteiger partial charge in [0.05, 0.1) is 0 Å². The number of amides is 1. The van der Waals surface area contributed by atoms with Crippen molar-refractivity contribution < 1.29 is 9.53 Å². The second-order valence-corrected chi connectivity index (χ2v) is 3.23. The van der Waals surface area contributed by atoms with E-state index in [-0.39, 0.29) is 0 Å². The molecule has 2 N–H and O–H groups in total. The Hall–Kier alpha value is -1.55. The van der Waals surface area contributed by atoms with E-state index < -0.39 is 6.09 Å². The van der Waals surface area contributed by atoms with E-state index in [0.717, 1.165) is 11.3 Å². The van der Waals surface area contributed by atoms with Gasteiger partial charge in [-0.1, -0.05) is 12.1 Å². The Kier molecular flexibility index (Phi) is 4.63. The molecule has 0 bridgehead atoms. The number of likely N-dealkylation sites (N-methyl/N-ethyl adjacent to an activating group) is 1. The van der Waals surface area contributed by atoms with Gasteiger partial charge in [0, 0.05) is 12.2 Å². The molecule has 0 aromatic heterocycles. The zero-order valence-electron chi connectivity index (χ0n) is 9.04. The van der Waals surface area contributed by atoms with E-state index in [4.69, 9.17) is 4.74 Å². The second-order valence-electron chi connectivity index (χ2n) is 3.23. The molecule has 1 aromatic carbocycles. The minimum atomic E-state index is -0.421. The highest BCUT2D eigenvalue weighted by Crippen LogP contribution is 2.09. The molecule has 0 saturated heterocycles. The number of aryl methyl sites for hydroxylation is 1. The van der Waals surface area contributed by atoms with Crippen LogP contribution in [-0.2, 0) is 4.74 Å². The number of rotatable bonds is 4. The lowest BCUT2D eigenvalue weighted by atomic mass is 10.2. The van der Waals surface area contributed by atoms with Gasteiger partial charge in [-0.3, -0.25) is 5.32 Å². The van der Waals surface area contributed by atoms with Crippen molar-refractivity contribution in [1.29, 1.82) is 0 Å². The van der Waals surface area contributed by atoms with Gasteiger partial charge in [0.1, 0.15) is 6.61 Å². The van der Waals surface area contributed by atoms with Crippen LogP contribution >= 0.6 is 0 Å². The maximum absolute atomic E-state index is 11.2. The molecule has 1 rings (SSSR count). The highest BCUT2D eigenvalue weighted by Gasteiger charge is 2.01. The van der Waals surface area contributed by atoms with Crippen molar-refractivity contribution in [1.82, 2.24) is 5.32 Å². The number of carbonyl (C=O) groups excluding carboxylic acids is 1. The maximum atomic E-state index is 11.2. The Morgan fingerprint density at radius 3 is 2.93 bits per heavy atom. The van der Waals surface area contributed by atoms with Crippen LogP contribution in [-0.4, -0.2) is 26.3 Å². The summed E-state index contributed by atoms with van der Waals surface area (Å²) in [5.74, 6) is 0. The van der Waals surface area contributed by atoms with E-state index in [0.29, 0.717) is 13.2 Å². The molecule has 0 aliphatic heterocycles. The number of anilines is 1. The first-order valence-corrected chi connectivity index (χ1v) is 4.87. The van der Waals surface area contributed by atoms with Gasteiger partial charge in [0.2, 0.25) is 0 Å². The van der Waals surface area contributed by atoms with Gasteiger partial charge in [-0.15, -0.1) is 0 Å². The highest BCUT2D eigenvalue weighted by atomic mass is 16.5. The molecule has 1 aromatic rings. The van der Waals surface area contributed by atoms with Gasteiger partial charge in [-0.25, -0.2) is 4.79 Å². The van der Waals surface area contributed by atoms with Crippen molar-refractivity contribution in [2.45, 2.75) is 6.92 Å². The lowest BCUT2D eigenvalue weighted by molar-refractivity contribution is 0.163. The average molecular weight is 208 g/mol. The summed E-state index contributed by atoms with van der Waals surface area (Å²) in [5.41, 5.74) is 1.85. The molecule has 15 heavy (non-hydrogen) atoms. The Morgan fingerprint density at radius 1 is 1.47 bits per heavy atom. The molecule has 82 valence electrons. The van der Waals surface area contributed by atoms with Crippen LogP contribution in [0.25, 0.3) is 0 Å². The lowest BCUT2D eigenvalue weighted by Crippen LogP contribution is -2.20. The zero-order valence-corrected chi connectivity index (χ0v) is 9.04. The van der Waals surface area contributed by atoms with Crippen molar-refractivity contribution >= 4 is 11.8 Å². The van der Waals surface area contributed by atoms with Crippen LogP contribution < -0.4 is 10.6 Å². The van der Waals surface area contributed by atoms with Crippen LogP contribution in [0.5, 0.6) is 0 Å². The summed E-state index contributed by atoms with van der Waals surface area (Å²) in [4.78, 5) is 11.2. The van der Waals surface area contributed by atoms with E-state index in [9.17, 15) is 4.79 Å². The van der Waals surface area contributed by atoms with Gasteiger partial charge >= 0.3 is 6.09 Å². The smallest absolute Gasteiger partial charge is 0.411 e. The number of hydrogen-bond acceptors (Lipinski definition) is 3. The Morgan fingerprint density at radius 2 is 2.27 bits per heavy atom. The molecule has 0 saturated carbocycles. The predicted molar refractivity (Wildman–Crippen MR) is 60.1 cm³/mol. The van der Waals surface area contributed by atoms with E-state index >= 15 is 0 Å². The quantitative estimate of drug-likeness (QED) is 0.741. The monoisotopic (exact) mass is 208 g/mol. The fourth-order valence-corrected chi connectivity index (χ4v) is 1.12. The Balaban J connectivity index is 2.37. The fraction of sp³-hybridized carbons (Fsp3) is 0.364. The molecule has 0 radical (unpaired) electrons. The first-order valence-electron chi connectivity index (χ1n) is 4.87. The summed E-state index contributed by atoms with van der Waals surface area (Å²) in [5, 5.41) is 5.54. The summed E-state index contributed by atoms with van der Waals surface area (Å²) in [6.07, 6.45) is -0.421. The summed E-state index contributed by atoms with van der Waals surface area (Å²) in [6, 6.07) is 7.57. The normalized spacial score (nSPS) is 9.73. The van der Waals surface area contributed by atoms with Crippen LogP contribution in [0.1, 0.15) is 5.56 Å². The van der Waals surface area contributed by atoms with Gasteiger partial charge in [-0.05, 0) is 31.7 Å². The number of nitrogens with one attached hydrogen (secondary N) is 2. The molecule has 0 aliphatic rings. The minimum Gasteiger partial charge on any atom is -0.448 e. The van der Waals surface area contributed by atoms with Crippen LogP contribution in [0.2, 0.25) is 0 Å². The predicted octanol–water partition coefficient (Wildman–Crippen LogP) is 1.76. The second kappa shape index (κ2) is 6.03. The Bertz CT molecular complexity index is 326. The molecule has 1 amide bonds. The molecule has 0 unspecified atom stereocenters. The van der Waals surface area contributed by atoms with Crippen molar-refractivity contribution in [3.63, 3.8) is 0 Å². The fourth-order valence-electron chi connectivity index (χ4n) is 1.12. The van der Waals surface area contributed by atoms with Crippen molar-refractivity contribution in [2.75, 3.05) is 25.5 Å². The SMILES string of the molecule is CNCCOC(=O)Nc1cccc(C)c1. The maximum Gasteiger partial charge on any atom is 0.411 e. The number of hydrogen-bond donors (Lipinski definition) is 2. The van der Waals surface area contributed by atoms with Crippen LogP contribution in [0.4, 0.5) is 10.5 Å². The van der Waals surface area contributed by atoms with Crippen LogP contribution in [0.3, 0.4) is 0 Å². The third-order valence-electron chi connectivity index (χ3n) is 1.85. The molecular weight excluding hydrogens is 192 g/mol. The van der Waals surface area contributed by atoms with E-state index in [1.165, 1.54) is 0 Å². The minimum absolute atomic E-state index is 0.369. The number of ether oxygens (including phenoxy) is 1. The lowest BCUT2D eigenvalue weighted by Gasteiger charge is -2.06. The van der Waals surface area contributed by atoms with Crippen molar-refractivity contribution in [3.05, 3.63) is 29.8 Å². The average Bonchev–Trinajstić information content (AvgIpc) is 2.18. The van der Waals surface area contributed by atoms with Gasteiger partial charge in [0.25, 0.3) is 0 Å². The van der Waals surface area contributed by atoms with Gasteiger partial charge in [0.15, 0.2) is 0 Å². The molecular formula is C11H16N2O2. The standard InChI is InChI=1S/C11H16N2O2/c1-9-4-3-5-10(8-9)13-11(14)15-7-6-12-2/h3-5,8,12H,6-7H2,1-2H3,(H,13,14).